The van der Waals surface area contributed by atoms with Crippen molar-refractivity contribution in [2.45, 2.75) is 130 Å². The Morgan fingerprint density at radius 3 is 1.86 bits per heavy atom. The summed E-state index contributed by atoms with van der Waals surface area (Å²) in [6.07, 6.45) is 22.1. The van der Waals surface area contributed by atoms with Crippen LogP contribution in [0.1, 0.15) is 124 Å². The molecule has 0 saturated carbocycles. The fraction of sp³-hybridized carbons (Fsp3) is 0.840. The van der Waals surface area contributed by atoms with Gasteiger partial charge in [-0.05, 0) is 44.4 Å². The van der Waals surface area contributed by atoms with Crippen LogP contribution in [-0.2, 0) is 9.59 Å². The van der Waals surface area contributed by atoms with Gasteiger partial charge in [-0.1, -0.05) is 84.3 Å². The van der Waals surface area contributed by atoms with Crippen LogP contribution in [0, 0.1) is 5.92 Å². The normalized spacial score (nSPS) is 12.6. The number of hydrogen-bond acceptors (Lipinski definition) is 2. The van der Waals surface area contributed by atoms with Crippen LogP contribution in [0.4, 0.5) is 0 Å². The second kappa shape index (κ2) is 20.0. The minimum atomic E-state index is -0.854. The summed E-state index contributed by atoms with van der Waals surface area (Å²) in [7, 11) is 0. The number of carbonyl (C=O) groups is 2. The highest BCUT2D eigenvalue weighted by atomic mass is 16.4. The highest BCUT2D eigenvalue weighted by Gasteiger charge is 2.16. The summed E-state index contributed by atoms with van der Waals surface area (Å²) in [5.74, 6) is -0.501. The Labute approximate surface area is 179 Å². The lowest BCUT2D eigenvalue weighted by atomic mass is 10.0. The third kappa shape index (κ3) is 21.2. The molecule has 0 unspecified atom stereocenters. The molecule has 0 bridgehead atoms. The molecule has 4 nitrogen and oxygen atoms in total. The first-order valence-electron chi connectivity index (χ1n) is 12.1. The summed E-state index contributed by atoms with van der Waals surface area (Å²) in [6.45, 7) is 6.35. The summed E-state index contributed by atoms with van der Waals surface area (Å²) in [6, 6.07) is -0.253. The zero-order valence-electron chi connectivity index (χ0n) is 19.4. The Balaban J connectivity index is 3.57. The fourth-order valence-electron chi connectivity index (χ4n) is 3.63. The molecule has 0 aromatic heterocycles. The van der Waals surface area contributed by atoms with Gasteiger partial charge in [0.1, 0.15) is 0 Å². The van der Waals surface area contributed by atoms with Gasteiger partial charge in [0.05, 0.1) is 6.42 Å². The third-order valence-electron chi connectivity index (χ3n) is 5.21. The van der Waals surface area contributed by atoms with E-state index in [1.807, 2.05) is 13.8 Å². The van der Waals surface area contributed by atoms with E-state index < -0.39 is 5.97 Å². The predicted octanol–water partition coefficient (Wildman–Crippen LogP) is 7.03. The largest absolute Gasteiger partial charge is 0.481 e. The van der Waals surface area contributed by atoms with Crippen LogP contribution < -0.4 is 5.32 Å². The Hall–Kier alpha value is -1.32. The van der Waals surface area contributed by atoms with Gasteiger partial charge in [-0.15, -0.1) is 0 Å². The number of rotatable bonds is 20. The number of amides is 1. The first kappa shape index (κ1) is 27.7. The van der Waals surface area contributed by atoms with Crippen LogP contribution in [0.5, 0.6) is 0 Å². The molecular weight excluding hydrogens is 362 g/mol. The molecule has 0 aliphatic heterocycles. The highest BCUT2D eigenvalue weighted by Crippen LogP contribution is 2.12. The van der Waals surface area contributed by atoms with Gasteiger partial charge < -0.3 is 10.4 Å². The second-order valence-corrected chi connectivity index (χ2v) is 8.83. The van der Waals surface area contributed by atoms with Crippen molar-refractivity contribution in [1.29, 1.82) is 0 Å². The van der Waals surface area contributed by atoms with Crippen LogP contribution in [0.15, 0.2) is 12.2 Å². The van der Waals surface area contributed by atoms with Gasteiger partial charge in [-0.25, -0.2) is 0 Å². The second-order valence-electron chi connectivity index (χ2n) is 8.83. The SMILES string of the molecule is CCCCCCCCCCC/C=C\CCCCC(=O)N[C@@H](CC(=O)O)CC(C)C. The lowest BCUT2D eigenvalue weighted by Gasteiger charge is -2.18. The first-order valence-corrected chi connectivity index (χ1v) is 12.1. The summed E-state index contributed by atoms with van der Waals surface area (Å²) in [5, 5.41) is 11.9. The molecule has 0 spiro atoms. The minimum absolute atomic E-state index is 0.00547. The van der Waals surface area contributed by atoms with Crippen LogP contribution >= 0.6 is 0 Å². The van der Waals surface area contributed by atoms with Crippen molar-refractivity contribution in [3.63, 3.8) is 0 Å². The molecule has 170 valence electrons. The predicted molar refractivity (Wildman–Crippen MR) is 123 cm³/mol. The average molecular weight is 410 g/mol. The van der Waals surface area contributed by atoms with Crippen molar-refractivity contribution in [2.24, 2.45) is 5.92 Å². The molecule has 1 atom stereocenters. The van der Waals surface area contributed by atoms with Crippen LogP contribution in [0.3, 0.4) is 0 Å². The van der Waals surface area contributed by atoms with E-state index in [4.69, 9.17) is 5.11 Å². The molecule has 0 aliphatic rings. The van der Waals surface area contributed by atoms with Crippen molar-refractivity contribution < 1.29 is 14.7 Å². The number of allylic oxidation sites excluding steroid dienone is 2. The van der Waals surface area contributed by atoms with Crippen LogP contribution in [0.25, 0.3) is 0 Å². The molecule has 0 heterocycles. The molecule has 0 radical (unpaired) electrons. The van der Waals surface area contributed by atoms with Crippen molar-refractivity contribution in [1.82, 2.24) is 5.32 Å². The van der Waals surface area contributed by atoms with Gasteiger partial charge in [0.25, 0.3) is 0 Å². The van der Waals surface area contributed by atoms with Gasteiger partial charge >= 0.3 is 5.97 Å². The zero-order chi connectivity index (χ0) is 21.7. The van der Waals surface area contributed by atoms with Gasteiger partial charge in [-0.3, -0.25) is 9.59 Å². The summed E-state index contributed by atoms with van der Waals surface area (Å²) in [4.78, 5) is 22.9. The molecule has 0 aliphatic carbocycles. The average Bonchev–Trinajstić information content (AvgIpc) is 2.63. The summed E-state index contributed by atoms with van der Waals surface area (Å²) in [5.41, 5.74) is 0. The van der Waals surface area contributed by atoms with E-state index in [-0.39, 0.29) is 18.4 Å². The molecule has 29 heavy (non-hydrogen) atoms. The first-order chi connectivity index (χ1) is 14.0. The topological polar surface area (TPSA) is 66.4 Å². The maximum atomic E-state index is 12.0. The number of hydrogen-bond donors (Lipinski definition) is 2. The van der Waals surface area contributed by atoms with Crippen molar-refractivity contribution in [3.8, 4) is 0 Å². The number of aliphatic carboxylic acids is 1. The van der Waals surface area contributed by atoms with Crippen LogP contribution in [-0.4, -0.2) is 23.0 Å². The van der Waals surface area contributed by atoms with E-state index in [0.29, 0.717) is 18.8 Å². The fourth-order valence-corrected chi connectivity index (χ4v) is 3.63. The molecule has 1 amide bonds. The standard InChI is InChI=1S/C25H47NO3/c1-4-5-6-7-8-9-10-11-12-13-14-15-16-17-18-19-24(27)26-23(20-22(2)3)21-25(28)29/h14-15,22-23H,4-13,16-21H2,1-3H3,(H,26,27)(H,28,29)/b15-14-/t23-/m1/s1. The van der Waals surface area contributed by atoms with Gasteiger partial charge in [-0.2, -0.15) is 0 Å². The maximum absolute atomic E-state index is 12.0. The molecular formula is C25H47NO3. The van der Waals surface area contributed by atoms with E-state index in [1.165, 1.54) is 64.2 Å². The van der Waals surface area contributed by atoms with Crippen LogP contribution in [0.2, 0.25) is 0 Å². The lowest BCUT2D eigenvalue weighted by Crippen LogP contribution is -2.37. The highest BCUT2D eigenvalue weighted by molar-refractivity contribution is 5.77. The van der Waals surface area contributed by atoms with Crippen molar-refractivity contribution >= 4 is 11.9 Å². The smallest absolute Gasteiger partial charge is 0.305 e. The quantitative estimate of drug-likeness (QED) is 0.167. The Bertz CT molecular complexity index is 432. The van der Waals surface area contributed by atoms with Crippen molar-refractivity contribution in [3.05, 3.63) is 12.2 Å². The van der Waals surface area contributed by atoms with E-state index in [2.05, 4.69) is 24.4 Å². The van der Waals surface area contributed by atoms with Gasteiger partial charge in [0.15, 0.2) is 0 Å². The molecule has 0 saturated heterocycles. The maximum Gasteiger partial charge on any atom is 0.305 e. The molecule has 4 heteroatoms. The van der Waals surface area contributed by atoms with E-state index in [1.54, 1.807) is 0 Å². The van der Waals surface area contributed by atoms with Gasteiger partial charge in [0, 0.05) is 12.5 Å². The zero-order valence-corrected chi connectivity index (χ0v) is 19.4. The summed E-state index contributed by atoms with van der Waals surface area (Å²) < 4.78 is 0. The van der Waals surface area contributed by atoms with E-state index in [9.17, 15) is 9.59 Å². The minimum Gasteiger partial charge on any atom is -0.481 e. The van der Waals surface area contributed by atoms with E-state index >= 15 is 0 Å². The molecule has 0 fully saturated rings. The molecule has 0 aromatic rings. The Kier molecular flexibility index (Phi) is 19.1. The third-order valence-corrected chi connectivity index (χ3v) is 5.21. The van der Waals surface area contributed by atoms with Gasteiger partial charge in [0.2, 0.25) is 5.91 Å². The number of carbonyl (C=O) groups excluding carboxylic acids is 1. The number of unbranched alkanes of at least 4 members (excludes halogenated alkanes) is 11. The Morgan fingerprint density at radius 2 is 1.34 bits per heavy atom. The monoisotopic (exact) mass is 409 g/mol. The number of carboxylic acids is 1. The van der Waals surface area contributed by atoms with Crippen molar-refractivity contribution in [2.75, 3.05) is 0 Å². The molecule has 2 N–H and O–H groups in total. The molecule has 0 aromatic carbocycles. The lowest BCUT2D eigenvalue weighted by molar-refractivity contribution is -0.137. The number of nitrogens with one attached hydrogen (secondary N) is 1. The van der Waals surface area contributed by atoms with E-state index in [0.717, 1.165) is 19.3 Å². The Morgan fingerprint density at radius 1 is 0.828 bits per heavy atom. The summed E-state index contributed by atoms with van der Waals surface area (Å²) >= 11 is 0. The number of carboxylic acid groups (broad SMARTS) is 1. The molecule has 0 rings (SSSR count).